The molecule has 6 aromatic rings. The molecule has 0 aliphatic heterocycles. The minimum absolute atomic E-state index is 0.202. The zero-order chi connectivity index (χ0) is 24.6. The Morgan fingerprint density at radius 3 is 2.69 bits per heavy atom. The number of nitrogens with one attached hydrogen (secondary N) is 3. The molecular weight excluding hydrogens is 460 g/mol. The summed E-state index contributed by atoms with van der Waals surface area (Å²) in [5.41, 5.74) is 5.27. The predicted molar refractivity (Wildman–Crippen MR) is 135 cm³/mol. The average Bonchev–Trinajstić information content (AvgIpc) is 3.52. The topological polar surface area (TPSA) is 95.2 Å². The maximum absolute atomic E-state index is 15.1. The molecule has 36 heavy (non-hydrogen) atoms. The highest BCUT2D eigenvalue weighted by atomic mass is 19.1. The van der Waals surface area contributed by atoms with Crippen LogP contribution in [0.2, 0.25) is 0 Å². The van der Waals surface area contributed by atoms with Gasteiger partial charge in [-0.25, -0.2) is 18.7 Å². The van der Waals surface area contributed by atoms with Gasteiger partial charge < -0.3 is 10.3 Å². The van der Waals surface area contributed by atoms with Gasteiger partial charge in [0.25, 0.3) is 0 Å². The van der Waals surface area contributed by atoms with Crippen LogP contribution in [0.15, 0.2) is 67.1 Å². The summed E-state index contributed by atoms with van der Waals surface area (Å²) >= 11 is 0. The van der Waals surface area contributed by atoms with Gasteiger partial charge in [0.15, 0.2) is 17.3 Å². The van der Waals surface area contributed by atoms with Crippen LogP contribution in [0.1, 0.15) is 12.5 Å². The van der Waals surface area contributed by atoms with Gasteiger partial charge in [0.1, 0.15) is 17.0 Å². The van der Waals surface area contributed by atoms with Gasteiger partial charge in [-0.2, -0.15) is 5.10 Å². The van der Waals surface area contributed by atoms with Crippen LogP contribution in [0.4, 0.5) is 8.78 Å². The van der Waals surface area contributed by atoms with E-state index in [9.17, 15) is 4.39 Å². The van der Waals surface area contributed by atoms with Crippen LogP contribution in [0.25, 0.3) is 55.8 Å². The fourth-order valence-electron chi connectivity index (χ4n) is 4.37. The second-order valence-electron chi connectivity index (χ2n) is 8.44. The number of H-pyrrole nitrogens is 2. The third kappa shape index (κ3) is 3.79. The Hall–Kier alpha value is -4.50. The molecule has 9 heteroatoms. The number of benzene rings is 2. The molecule has 2 aromatic carbocycles. The van der Waals surface area contributed by atoms with Gasteiger partial charge in [0.2, 0.25) is 0 Å². The van der Waals surface area contributed by atoms with Crippen LogP contribution in [-0.4, -0.2) is 36.7 Å². The first-order valence-corrected chi connectivity index (χ1v) is 11.5. The third-order valence-electron chi connectivity index (χ3n) is 6.11. The predicted octanol–water partition coefficient (Wildman–Crippen LogP) is 5.62. The number of hydrogen-bond acceptors (Lipinski definition) is 5. The zero-order valence-electron chi connectivity index (χ0n) is 19.3. The van der Waals surface area contributed by atoms with Crippen molar-refractivity contribution < 1.29 is 8.78 Å². The van der Waals surface area contributed by atoms with Crippen molar-refractivity contribution in [3.63, 3.8) is 0 Å². The maximum Gasteiger partial charge on any atom is 0.178 e. The van der Waals surface area contributed by atoms with Crippen LogP contribution in [0.3, 0.4) is 0 Å². The number of rotatable bonds is 6. The number of aromatic amines is 2. The van der Waals surface area contributed by atoms with Crippen LogP contribution in [0, 0.1) is 11.6 Å². The fraction of sp³-hybridized carbons (Fsp3) is 0.111. The molecule has 0 aliphatic rings. The third-order valence-corrected chi connectivity index (χ3v) is 6.11. The van der Waals surface area contributed by atoms with E-state index in [2.05, 4.69) is 35.5 Å². The van der Waals surface area contributed by atoms with Crippen molar-refractivity contribution in [2.24, 2.45) is 0 Å². The minimum Gasteiger partial charge on any atom is -0.335 e. The quantitative estimate of drug-likeness (QED) is 0.287. The molecule has 3 N–H and O–H groups in total. The molecule has 0 spiro atoms. The summed E-state index contributed by atoms with van der Waals surface area (Å²) in [6, 6.07) is 13.6. The van der Waals surface area contributed by atoms with Crippen molar-refractivity contribution in [1.82, 2.24) is 35.5 Å². The summed E-state index contributed by atoms with van der Waals surface area (Å²) < 4.78 is 29.6. The normalized spacial score (nSPS) is 11.5. The molecule has 7 nitrogen and oxygen atoms in total. The van der Waals surface area contributed by atoms with E-state index >= 15 is 4.39 Å². The second-order valence-corrected chi connectivity index (χ2v) is 8.44. The molecule has 0 aliphatic carbocycles. The highest BCUT2D eigenvalue weighted by Crippen LogP contribution is 2.34. The zero-order valence-corrected chi connectivity index (χ0v) is 19.3. The standard InChI is InChI=1S/C27H21F2N7/c1-2-30-12-15-9-17(14-31-13-15)16-10-20-23(22(29)11-16)35-36-25(20)27-33-24-19(7-8-32-26(24)34-27)18-5-3-4-6-21(18)28/h3-11,13-14,30H,2,12H2,1H3,(H,35,36)(H,32,33,34). The van der Waals surface area contributed by atoms with Gasteiger partial charge >= 0.3 is 0 Å². The van der Waals surface area contributed by atoms with Crippen molar-refractivity contribution in [3.8, 4) is 33.8 Å². The molecular formula is C27H21F2N7. The average molecular weight is 482 g/mol. The van der Waals surface area contributed by atoms with E-state index in [1.165, 1.54) is 12.1 Å². The Morgan fingerprint density at radius 1 is 0.944 bits per heavy atom. The molecule has 0 atom stereocenters. The Balaban J connectivity index is 1.48. The Kier molecular flexibility index (Phi) is 5.46. The highest BCUT2D eigenvalue weighted by molar-refractivity contribution is 5.97. The van der Waals surface area contributed by atoms with E-state index in [4.69, 9.17) is 0 Å². The Labute approximate surface area is 204 Å². The van der Waals surface area contributed by atoms with E-state index in [0.29, 0.717) is 51.3 Å². The van der Waals surface area contributed by atoms with E-state index in [1.807, 2.05) is 19.1 Å². The van der Waals surface area contributed by atoms with Crippen molar-refractivity contribution in [3.05, 3.63) is 84.3 Å². The molecule has 0 saturated carbocycles. The lowest BCUT2D eigenvalue weighted by Gasteiger charge is -2.06. The van der Waals surface area contributed by atoms with Crippen LogP contribution < -0.4 is 5.32 Å². The molecule has 4 heterocycles. The lowest BCUT2D eigenvalue weighted by atomic mass is 10.0. The van der Waals surface area contributed by atoms with Crippen LogP contribution >= 0.6 is 0 Å². The SMILES string of the molecule is CCNCc1cncc(-c2cc(F)c3n[nH]c(-c4nc5nccc(-c6ccccc6F)c5[nH]4)c3c2)c1. The summed E-state index contributed by atoms with van der Waals surface area (Å²) in [6.07, 6.45) is 5.09. The molecule has 0 fully saturated rings. The summed E-state index contributed by atoms with van der Waals surface area (Å²) in [6.45, 7) is 3.55. The number of fused-ring (bicyclic) bond motifs is 2. The summed E-state index contributed by atoms with van der Waals surface area (Å²) in [5, 5.41) is 10.9. The highest BCUT2D eigenvalue weighted by Gasteiger charge is 2.19. The fourth-order valence-corrected chi connectivity index (χ4v) is 4.37. The van der Waals surface area contributed by atoms with Gasteiger partial charge in [-0.1, -0.05) is 25.1 Å². The number of nitrogens with zero attached hydrogens (tertiary/aromatic N) is 4. The minimum atomic E-state index is -0.455. The Bertz CT molecular complexity index is 1720. The maximum atomic E-state index is 15.1. The number of aromatic nitrogens is 6. The molecule has 6 rings (SSSR count). The van der Waals surface area contributed by atoms with Gasteiger partial charge in [-0.3, -0.25) is 10.1 Å². The monoisotopic (exact) mass is 481 g/mol. The van der Waals surface area contributed by atoms with E-state index in [1.54, 1.807) is 42.9 Å². The smallest absolute Gasteiger partial charge is 0.178 e. The summed E-state index contributed by atoms with van der Waals surface area (Å²) in [7, 11) is 0. The van der Waals surface area contributed by atoms with Gasteiger partial charge in [0, 0.05) is 47.2 Å². The number of imidazole rings is 1. The van der Waals surface area contributed by atoms with Crippen molar-refractivity contribution >= 4 is 22.1 Å². The number of hydrogen-bond donors (Lipinski definition) is 3. The van der Waals surface area contributed by atoms with Gasteiger partial charge in [-0.05, 0) is 48.0 Å². The van der Waals surface area contributed by atoms with E-state index < -0.39 is 5.82 Å². The first-order valence-electron chi connectivity index (χ1n) is 11.5. The van der Waals surface area contributed by atoms with Crippen molar-refractivity contribution in [1.29, 1.82) is 0 Å². The van der Waals surface area contributed by atoms with Crippen LogP contribution in [0.5, 0.6) is 0 Å². The Morgan fingerprint density at radius 2 is 1.83 bits per heavy atom. The molecule has 0 amide bonds. The first kappa shape index (κ1) is 22.0. The van der Waals surface area contributed by atoms with Crippen molar-refractivity contribution in [2.75, 3.05) is 6.54 Å². The second kappa shape index (κ2) is 8.94. The van der Waals surface area contributed by atoms with Crippen molar-refractivity contribution in [2.45, 2.75) is 13.5 Å². The molecule has 0 saturated heterocycles. The van der Waals surface area contributed by atoms with Gasteiger partial charge in [0.05, 0.1) is 5.52 Å². The lowest BCUT2D eigenvalue weighted by molar-refractivity contribution is 0.631. The first-order chi connectivity index (χ1) is 17.6. The largest absolute Gasteiger partial charge is 0.335 e. The lowest BCUT2D eigenvalue weighted by Crippen LogP contribution is -2.11. The number of halogens is 2. The molecule has 0 radical (unpaired) electrons. The van der Waals surface area contributed by atoms with Gasteiger partial charge in [-0.15, -0.1) is 0 Å². The summed E-state index contributed by atoms with van der Waals surface area (Å²) in [5.74, 6) is -0.368. The van der Waals surface area contributed by atoms with Crippen LogP contribution in [-0.2, 0) is 6.54 Å². The van der Waals surface area contributed by atoms with E-state index in [0.717, 1.165) is 17.7 Å². The van der Waals surface area contributed by atoms with E-state index in [-0.39, 0.29) is 11.3 Å². The number of pyridine rings is 2. The molecule has 4 aromatic heterocycles. The summed E-state index contributed by atoms with van der Waals surface area (Å²) in [4.78, 5) is 16.5. The molecule has 0 bridgehead atoms. The molecule has 178 valence electrons. The molecule has 0 unspecified atom stereocenters.